The lowest BCUT2D eigenvalue weighted by Gasteiger charge is -2.20. The number of methoxy groups -OCH3 is 2. The number of aromatic nitrogens is 1. The summed E-state index contributed by atoms with van der Waals surface area (Å²) in [5, 5.41) is 2.06. The van der Waals surface area contributed by atoms with Crippen molar-refractivity contribution in [2.45, 2.75) is 13.1 Å². The number of ether oxygens (including phenoxy) is 2. The largest absolute Gasteiger partial charge is 0.493 e. The smallest absolute Gasteiger partial charge is 0.270 e. The van der Waals surface area contributed by atoms with Gasteiger partial charge in [0.05, 0.1) is 24.4 Å². The van der Waals surface area contributed by atoms with Gasteiger partial charge in [0.1, 0.15) is 5.69 Å². The molecule has 0 saturated carbocycles. The Balaban J connectivity index is 1.61. The molecule has 30 heavy (non-hydrogen) atoms. The van der Waals surface area contributed by atoms with E-state index in [-0.39, 0.29) is 5.91 Å². The van der Waals surface area contributed by atoms with Crippen molar-refractivity contribution in [3.63, 3.8) is 0 Å². The minimum Gasteiger partial charge on any atom is -0.493 e. The van der Waals surface area contributed by atoms with Crippen LogP contribution in [0.5, 0.6) is 11.5 Å². The van der Waals surface area contributed by atoms with E-state index in [0.29, 0.717) is 30.3 Å². The van der Waals surface area contributed by atoms with Gasteiger partial charge in [-0.15, -0.1) is 11.3 Å². The molecule has 154 valence electrons. The fraction of sp³-hybridized carbons (Fsp3) is 0.208. The van der Waals surface area contributed by atoms with Crippen LogP contribution in [0.2, 0.25) is 0 Å². The van der Waals surface area contributed by atoms with E-state index in [9.17, 15) is 4.79 Å². The number of thiophene rings is 1. The number of carbonyl (C=O) groups excluding carboxylic acids is 1. The SMILES string of the molecule is COc1ccc(CN(C)C(=O)c2cc3sccc3n2Cc2ccccc2)cc1OC. The molecule has 0 radical (unpaired) electrons. The topological polar surface area (TPSA) is 43.7 Å². The van der Waals surface area contributed by atoms with Crippen LogP contribution in [0.25, 0.3) is 10.2 Å². The van der Waals surface area contributed by atoms with E-state index in [1.54, 1.807) is 30.5 Å². The predicted octanol–water partition coefficient (Wildman–Crippen LogP) is 5.04. The van der Waals surface area contributed by atoms with Crippen LogP contribution < -0.4 is 9.47 Å². The standard InChI is InChI=1S/C24H24N2O3S/c1-25(15-18-9-10-21(28-2)22(13-18)29-3)24(27)20-14-23-19(11-12-30-23)26(20)16-17-7-5-4-6-8-17/h4-14H,15-16H2,1-3H3. The van der Waals surface area contributed by atoms with Crippen LogP contribution in [-0.2, 0) is 13.1 Å². The molecule has 2 aromatic carbocycles. The fourth-order valence-corrected chi connectivity index (χ4v) is 4.43. The van der Waals surface area contributed by atoms with E-state index in [4.69, 9.17) is 9.47 Å². The average Bonchev–Trinajstić information content (AvgIpc) is 3.36. The fourth-order valence-electron chi connectivity index (χ4n) is 3.61. The van der Waals surface area contributed by atoms with E-state index in [1.807, 2.05) is 49.5 Å². The molecule has 0 aliphatic rings. The van der Waals surface area contributed by atoms with Gasteiger partial charge in [0.2, 0.25) is 0 Å². The number of benzene rings is 2. The second-order valence-electron chi connectivity index (χ2n) is 7.12. The highest BCUT2D eigenvalue weighted by molar-refractivity contribution is 7.17. The molecule has 4 rings (SSSR count). The molecule has 0 fully saturated rings. The Kier molecular flexibility index (Phi) is 5.77. The summed E-state index contributed by atoms with van der Waals surface area (Å²) in [5.41, 5.74) is 3.93. The van der Waals surface area contributed by atoms with Crippen molar-refractivity contribution in [3.05, 3.63) is 82.9 Å². The molecule has 2 aromatic heterocycles. The summed E-state index contributed by atoms with van der Waals surface area (Å²) < 4.78 is 13.9. The summed E-state index contributed by atoms with van der Waals surface area (Å²) >= 11 is 1.65. The van der Waals surface area contributed by atoms with Crippen LogP contribution in [0, 0.1) is 0 Å². The van der Waals surface area contributed by atoms with E-state index in [2.05, 4.69) is 28.1 Å². The second-order valence-corrected chi connectivity index (χ2v) is 8.07. The van der Waals surface area contributed by atoms with Crippen molar-refractivity contribution >= 4 is 27.5 Å². The zero-order valence-electron chi connectivity index (χ0n) is 17.3. The highest BCUT2D eigenvalue weighted by Crippen LogP contribution is 2.29. The van der Waals surface area contributed by atoms with Gasteiger partial charge in [0, 0.05) is 20.1 Å². The van der Waals surface area contributed by atoms with E-state index < -0.39 is 0 Å². The summed E-state index contributed by atoms with van der Waals surface area (Å²) in [6.45, 7) is 1.13. The molecule has 2 heterocycles. The third-order valence-electron chi connectivity index (χ3n) is 5.14. The van der Waals surface area contributed by atoms with E-state index in [1.165, 1.54) is 0 Å². The summed E-state index contributed by atoms with van der Waals surface area (Å²) in [7, 11) is 5.05. The van der Waals surface area contributed by atoms with Gasteiger partial charge in [-0.05, 0) is 40.8 Å². The lowest BCUT2D eigenvalue weighted by Crippen LogP contribution is -2.28. The first-order chi connectivity index (χ1) is 14.6. The van der Waals surface area contributed by atoms with Crippen LogP contribution in [0.15, 0.2) is 66.0 Å². The molecule has 0 aliphatic heterocycles. The maximum atomic E-state index is 13.4. The molecule has 0 bridgehead atoms. The molecular weight excluding hydrogens is 396 g/mol. The van der Waals surface area contributed by atoms with Crippen LogP contribution in [0.4, 0.5) is 0 Å². The van der Waals surface area contributed by atoms with Crippen molar-refractivity contribution in [1.29, 1.82) is 0 Å². The van der Waals surface area contributed by atoms with Crippen LogP contribution in [0.1, 0.15) is 21.6 Å². The molecule has 0 aliphatic carbocycles. The van der Waals surface area contributed by atoms with E-state index in [0.717, 1.165) is 21.3 Å². The van der Waals surface area contributed by atoms with Crippen molar-refractivity contribution in [1.82, 2.24) is 9.47 Å². The molecular formula is C24H24N2O3S. The van der Waals surface area contributed by atoms with Gasteiger partial charge in [0.25, 0.3) is 5.91 Å². The zero-order valence-corrected chi connectivity index (χ0v) is 18.1. The molecule has 4 aromatic rings. The molecule has 0 N–H and O–H groups in total. The lowest BCUT2D eigenvalue weighted by atomic mass is 10.2. The number of amides is 1. The summed E-state index contributed by atoms with van der Waals surface area (Å²) in [6.07, 6.45) is 0. The normalized spacial score (nSPS) is 10.9. The average molecular weight is 421 g/mol. The maximum Gasteiger partial charge on any atom is 0.270 e. The Hall–Kier alpha value is -3.25. The maximum absolute atomic E-state index is 13.4. The quantitative estimate of drug-likeness (QED) is 0.421. The van der Waals surface area contributed by atoms with Crippen molar-refractivity contribution in [3.8, 4) is 11.5 Å². The Morgan fingerprint density at radius 3 is 2.47 bits per heavy atom. The molecule has 1 amide bonds. The minimum atomic E-state index is -0.0101. The highest BCUT2D eigenvalue weighted by Gasteiger charge is 2.20. The van der Waals surface area contributed by atoms with Gasteiger partial charge in [-0.3, -0.25) is 4.79 Å². The monoisotopic (exact) mass is 420 g/mol. The van der Waals surface area contributed by atoms with Crippen LogP contribution >= 0.6 is 11.3 Å². The second kappa shape index (κ2) is 8.63. The first kappa shape index (κ1) is 20.0. The number of hydrogen-bond donors (Lipinski definition) is 0. The van der Waals surface area contributed by atoms with Crippen molar-refractivity contribution in [2.24, 2.45) is 0 Å². The number of carbonyl (C=O) groups is 1. The summed E-state index contributed by atoms with van der Waals surface area (Å²) in [6, 6.07) is 20.0. The molecule has 6 heteroatoms. The summed E-state index contributed by atoms with van der Waals surface area (Å²) in [4.78, 5) is 15.1. The minimum absolute atomic E-state index is 0.0101. The predicted molar refractivity (Wildman–Crippen MR) is 121 cm³/mol. The first-order valence-electron chi connectivity index (χ1n) is 9.67. The number of nitrogens with zero attached hydrogens (tertiary/aromatic N) is 2. The van der Waals surface area contributed by atoms with Crippen LogP contribution in [-0.4, -0.2) is 36.6 Å². The van der Waals surface area contributed by atoms with Crippen LogP contribution in [0.3, 0.4) is 0 Å². The van der Waals surface area contributed by atoms with Gasteiger partial charge in [-0.2, -0.15) is 0 Å². The van der Waals surface area contributed by atoms with Gasteiger partial charge in [-0.25, -0.2) is 0 Å². The molecule has 0 atom stereocenters. The molecule has 0 saturated heterocycles. The molecule has 5 nitrogen and oxygen atoms in total. The van der Waals surface area contributed by atoms with Crippen molar-refractivity contribution < 1.29 is 14.3 Å². The van der Waals surface area contributed by atoms with Gasteiger partial charge >= 0.3 is 0 Å². The number of hydrogen-bond acceptors (Lipinski definition) is 4. The molecule has 0 spiro atoms. The third-order valence-corrected chi connectivity index (χ3v) is 5.99. The first-order valence-corrected chi connectivity index (χ1v) is 10.6. The zero-order chi connectivity index (χ0) is 21.1. The van der Waals surface area contributed by atoms with Gasteiger partial charge in [0.15, 0.2) is 11.5 Å². The van der Waals surface area contributed by atoms with Gasteiger partial charge < -0.3 is 18.9 Å². The Labute approximate surface area is 180 Å². The van der Waals surface area contributed by atoms with Gasteiger partial charge in [-0.1, -0.05) is 36.4 Å². The lowest BCUT2D eigenvalue weighted by molar-refractivity contribution is 0.0775. The third kappa shape index (κ3) is 3.91. The highest BCUT2D eigenvalue weighted by atomic mass is 32.1. The van der Waals surface area contributed by atoms with E-state index >= 15 is 0 Å². The number of rotatable bonds is 7. The Bertz CT molecular complexity index is 1160. The molecule has 0 unspecified atom stereocenters. The Morgan fingerprint density at radius 1 is 0.967 bits per heavy atom. The Morgan fingerprint density at radius 2 is 1.73 bits per heavy atom. The van der Waals surface area contributed by atoms with Crippen molar-refractivity contribution in [2.75, 3.05) is 21.3 Å². The number of fused-ring (bicyclic) bond motifs is 1. The summed E-state index contributed by atoms with van der Waals surface area (Å²) in [5.74, 6) is 1.32.